The van der Waals surface area contributed by atoms with Crippen molar-refractivity contribution in [1.82, 2.24) is 10.3 Å². The van der Waals surface area contributed by atoms with Crippen molar-refractivity contribution < 1.29 is 19.4 Å². The van der Waals surface area contributed by atoms with Crippen LogP contribution in [0.3, 0.4) is 0 Å². The molecule has 0 unspecified atom stereocenters. The number of ether oxygens (including phenoxy) is 1. The van der Waals surface area contributed by atoms with E-state index in [1.807, 2.05) is 0 Å². The molecule has 1 atom stereocenters. The molecule has 1 aromatic heterocycles. The van der Waals surface area contributed by atoms with Crippen molar-refractivity contribution in [3.05, 3.63) is 91.6 Å². The summed E-state index contributed by atoms with van der Waals surface area (Å²) >= 11 is 23.9. The standard InChI is InChI=1S/C22H16Cl4N2O4/c23-16-2-1-3-17(24)15(16)11-32-14-6-4-12(5-7-14)8-18(22(30)31)27-21(29)13-9-19(25)28-20(26)10-13/h1-7,9-10,18H,8,11H2,(H,27,29)(H,30,31)/t18-/m0/s1. The number of carbonyl (C=O) groups excluding carboxylic acids is 1. The molecule has 3 aromatic rings. The van der Waals surface area contributed by atoms with Crippen LogP contribution in [0, 0.1) is 0 Å². The van der Waals surface area contributed by atoms with Crippen LogP contribution in [0.25, 0.3) is 0 Å². The first-order valence-electron chi connectivity index (χ1n) is 9.24. The van der Waals surface area contributed by atoms with E-state index >= 15 is 0 Å². The minimum Gasteiger partial charge on any atom is -0.489 e. The maximum absolute atomic E-state index is 12.4. The molecule has 1 heterocycles. The van der Waals surface area contributed by atoms with Crippen LogP contribution in [-0.2, 0) is 17.8 Å². The fourth-order valence-corrected chi connectivity index (χ4v) is 3.79. The Hall–Kier alpha value is -2.51. The molecule has 1 amide bonds. The molecule has 166 valence electrons. The highest BCUT2D eigenvalue weighted by molar-refractivity contribution is 6.36. The Morgan fingerprint density at radius 2 is 1.56 bits per heavy atom. The van der Waals surface area contributed by atoms with Crippen LogP contribution in [0.1, 0.15) is 21.5 Å². The largest absolute Gasteiger partial charge is 0.489 e. The maximum atomic E-state index is 12.4. The fraction of sp³-hybridized carbons (Fsp3) is 0.136. The summed E-state index contributed by atoms with van der Waals surface area (Å²) < 4.78 is 5.72. The lowest BCUT2D eigenvalue weighted by molar-refractivity contribution is -0.139. The third-order valence-electron chi connectivity index (χ3n) is 4.44. The molecular formula is C22H16Cl4N2O4. The summed E-state index contributed by atoms with van der Waals surface area (Å²) in [6.45, 7) is 0.183. The van der Waals surface area contributed by atoms with Crippen molar-refractivity contribution in [2.45, 2.75) is 19.1 Å². The Kier molecular flexibility index (Phi) is 8.21. The third kappa shape index (κ3) is 6.50. The number of benzene rings is 2. The summed E-state index contributed by atoms with van der Waals surface area (Å²) in [5.41, 5.74) is 1.47. The van der Waals surface area contributed by atoms with Gasteiger partial charge in [-0.15, -0.1) is 0 Å². The Labute approximate surface area is 204 Å². The minimum atomic E-state index is -1.18. The van der Waals surface area contributed by atoms with E-state index < -0.39 is 17.9 Å². The zero-order valence-electron chi connectivity index (χ0n) is 16.3. The molecule has 0 radical (unpaired) electrons. The molecule has 2 aromatic carbocycles. The van der Waals surface area contributed by atoms with E-state index in [1.165, 1.54) is 12.1 Å². The number of amides is 1. The molecular weight excluding hydrogens is 498 g/mol. The van der Waals surface area contributed by atoms with Gasteiger partial charge < -0.3 is 15.2 Å². The number of aromatic nitrogens is 1. The van der Waals surface area contributed by atoms with Crippen molar-refractivity contribution >= 4 is 58.3 Å². The van der Waals surface area contributed by atoms with Gasteiger partial charge in [-0.2, -0.15) is 0 Å². The van der Waals surface area contributed by atoms with E-state index in [0.717, 1.165) is 0 Å². The average molecular weight is 514 g/mol. The number of aliphatic carboxylic acids is 1. The topological polar surface area (TPSA) is 88.5 Å². The highest BCUT2D eigenvalue weighted by Crippen LogP contribution is 2.26. The summed E-state index contributed by atoms with van der Waals surface area (Å²) in [5.74, 6) is -1.25. The highest BCUT2D eigenvalue weighted by atomic mass is 35.5. The number of hydrogen-bond acceptors (Lipinski definition) is 4. The molecule has 10 heteroatoms. The SMILES string of the molecule is O=C(N[C@@H](Cc1ccc(OCc2c(Cl)cccc2Cl)cc1)C(=O)O)c1cc(Cl)nc(Cl)c1. The second-order valence-corrected chi connectivity index (χ2v) is 8.29. The Morgan fingerprint density at radius 1 is 0.969 bits per heavy atom. The number of carboxylic acids is 1. The lowest BCUT2D eigenvalue weighted by Crippen LogP contribution is -2.42. The average Bonchev–Trinajstić information content (AvgIpc) is 2.73. The molecule has 0 fully saturated rings. The molecule has 0 aliphatic rings. The quantitative estimate of drug-likeness (QED) is 0.377. The molecule has 3 rings (SSSR count). The van der Waals surface area contributed by atoms with Crippen molar-refractivity contribution in [2.24, 2.45) is 0 Å². The molecule has 0 saturated heterocycles. The minimum absolute atomic E-state index is 0.0307. The zero-order valence-corrected chi connectivity index (χ0v) is 19.3. The first kappa shape index (κ1) is 24.1. The summed E-state index contributed by atoms with van der Waals surface area (Å²) in [4.78, 5) is 27.8. The van der Waals surface area contributed by atoms with E-state index in [-0.39, 0.29) is 28.9 Å². The van der Waals surface area contributed by atoms with Crippen LogP contribution in [0.15, 0.2) is 54.6 Å². The Balaban J connectivity index is 1.64. The van der Waals surface area contributed by atoms with E-state index in [4.69, 9.17) is 51.1 Å². The Morgan fingerprint density at radius 3 is 2.12 bits per heavy atom. The van der Waals surface area contributed by atoms with E-state index in [2.05, 4.69) is 10.3 Å². The molecule has 32 heavy (non-hydrogen) atoms. The zero-order chi connectivity index (χ0) is 23.3. The van der Waals surface area contributed by atoms with Gasteiger partial charge in [-0.3, -0.25) is 4.79 Å². The fourth-order valence-electron chi connectivity index (χ4n) is 2.82. The van der Waals surface area contributed by atoms with Gasteiger partial charge in [-0.25, -0.2) is 9.78 Å². The van der Waals surface area contributed by atoms with Gasteiger partial charge in [-0.1, -0.05) is 64.6 Å². The van der Waals surface area contributed by atoms with Gasteiger partial charge in [0.15, 0.2) is 0 Å². The van der Waals surface area contributed by atoms with Gasteiger partial charge >= 0.3 is 5.97 Å². The third-order valence-corrected chi connectivity index (χ3v) is 5.53. The smallest absolute Gasteiger partial charge is 0.326 e. The van der Waals surface area contributed by atoms with Crippen LogP contribution < -0.4 is 10.1 Å². The van der Waals surface area contributed by atoms with Crippen molar-refractivity contribution in [1.29, 1.82) is 0 Å². The van der Waals surface area contributed by atoms with Crippen LogP contribution in [-0.4, -0.2) is 28.0 Å². The summed E-state index contributed by atoms with van der Waals surface area (Å²) in [5, 5.41) is 13.1. The van der Waals surface area contributed by atoms with Crippen LogP contribution >= 0.6 is 46.4 Å². The number of halogens is 4. The molecule has 0 aliphatic heterocycles. The highest BCUT2D eigenvalue weighted by Gasteiger charge is 2.22. The van der Waals surface area contributed by atoms with Crippen LogP contribution in [0.5, 0.6) is 5.75 Å². The predicted octanol–water partition coefficient (Wildman–Crippen LogP) is 5.70. The number of nitrogens with one attached hydrogen (secondary N) is 1. The number of hydrogen-bond donors (Lipinski definition) is 2. The van der Waals surface area contributed by atoms with E-state index in [9.17, 15) is 14.7 Å². The molecule has 2 N–H and O–H groups in total. The lowest BCUT2D eigenvalue weighted by atomic mass is 10.1. The van der Waals surface area contributed by atoms with E-state index in [1.54, 1.807) is 42.5 Å². The Bertz CT molecular complexity index is 1100. The normalized spacial score (nSPS) is 11.6. The molecule has 0 aliphatic carbocycles. The monoisotopic (exact) mass is 512 g/mol. The first-order chi connectivity index (χ1) is 15.2. The van der Waals surface area contributed by atoms with Crippen molar-refractivity contribution in [2.75, 3.05) is 0 Å². The number of carboxylic acid groups (broad SMARTS) is 1. The number of rotatable bonds is 8. The second kappa shape index (κ2) is 10.9. The van der Waals surface area contributed by atoms with Crippen LogP contribution in [0.4, 0.5) is 0 Å². The number of pyridine rings is 1. The summed E-state index contributed by atoms with van der Waals surface area (Å²) in [6, 6.07) is 13.5. The van der Waals surface area contributed by atoms with Crippen molar-refractivity contribution in [3.63, 3.8) is 0 Å². The van der Waals surface area contributed by atoms with Crippen LogP contribution in [0.2, 0.25) is 20.4 Å². The number of carbonyl (C=O) groups is 2. The van der Waals surface area contributed by atoms with Crippen molar-refractivity contribution in [3.8, 4) is 5.75 Å². The lowest BCUT2D eigenvalue weighted by Gasteiger charge is -2.15. The predicted molar refractivity (Wildman–Crippen MR) is 124 cm³/mol. The van der Waals surface area contributed by atoms with Gasteiger partial charge in [0.1, 0.15) is 28.7 Å². The second-order valence-electron chi connectivity index (χ2n) is 6.70. The summed E-state index contributed by atoms with van der Waals surface area (Å²) in [6.07, 6.45) is 0.0598. The number of nitrogens with zero attached hydrogens (tertiary/aromatic N) is 1. The molecule has 0 bridgehead atoms. The van der Waals surface area contributed by atoms with Gasteiger partial charge in [0.2, 0.25) is 0 Å². The van der Waals surface area contributed by atoms with Gasteiger partial charge in [0.05, 0.1) is 0 Å². The van der Waals surface area contributed by atoms with Gasteiger partial charge in [0.25, 0.3) is 5.91 Å². The maximum Gasteiger partial charge on any atom is 0.326 e. The molecule has 6 nitrogen and oxygen atoms in total. The van der Waals surface area contributed by atoms with E-state index in [0.29, 0.717) is 26.9 Å². The van der Waals surface area contributed by atoms with Gasteiger partial charge in [0, 0.05) is 27.6 Å². The summed E-state index contributed by atoms with van der Waals surface area (Å²) in [7, 11) is 0. The van der Waals surface area contributed by atoms with Gasteiger partial charge in [-0.05, 0) is 42.0 Å². The molecule has 0 saturated carbocycles. The molecule has 0 spiro atoms. The first-order valence-corrected chi connectivity index (χ1v) is 10.8.